The van der Waals surface area contributed by atoms with E-state index in [4.69, 9.17) is 4.74 Å². The van der Waals surface area contributed by atoms with E-state index in [1.165, 1.54) is 6.07 Å². The third-order valence-corrected chi connectivity index (χ3v) is 4.23. The Morgan fingerprint density at radius 3 is 2.75 bits per heavy atom. The van der Waals surface area contributed by atoms with Crippen molar-refractivity contribution in [3.8, 4) is 0 Å². The van der Waals surface area contributed by atoms with E-state index < -0.39 is 35.5 Å². The number of ether oxygens (including phenoxy) is 1. The van der Waals surface area contributed by atoms with Crippen molar-refractivity contribution in [2.75, 3.05) is 13.2 Å². The van der Waals surface area contributed by atoms with Gasteiger partial charge in [0, 0.05) is 25.0 Å². The summed E-state index contributed by atoms with van der Waals surface area (Å²) in [5.74, 6) is -3.77. The van der Waals surface area contributed by atoms with Crippen molar-refractivity contribution in [3.05, 3.63) is 35.4 Å². The second kappa shape index (κ2) is 8.19. The molecule has 1 saturated heterocycles. The van der Waals surface area contributed by atoms with Gasteiger partial charge in [0.1, 0.15) is 17.7 Å². The fourth-order valence-corrected chi connectivity index (χ4v) is 2.93. The molecule has 0 radical (unpaired) electrons. The first kappa shape index (κ1) is 18.3. The molecule has 3 atom stereocenters. The summed E-state index contributed by atoms with van der Waals surface area (Å²) in [4.78, 5) is 23.6. The number of carbonyl (C=O) groups is 2. The summed E-state index contributed by atoms with van der Waals surface area (Å²) < 4.78 is 32.0. The van der Waals surface area contributed by atoms with E-state index in [-0.39, 0.29) is 17.9 Å². The number of hydrogen-bond donors (Lipinski definition) is 2. The van der Waals surface area contributed by atoms with Crippen molar-refractivity contribution in [2.24, 2.45) is 5.92 Å². The summed E-state index contributed by atoms with van der Waals surface area (Å²) in [6, 6.07) is 2.17. The van der Waals surface area contributed by atoms with Gasteiger partial charge in [0.15, 0.2) is 0 Å². The zero-order chi connectivity index (χ0) is 17.7. The van der Waals surface area contributed by atoms with Crippen LogP contribution in [0.15, 0.2) is 18.2 Å². The van der Waals surface area contributed by atoms with Crippen LogP contribution in [0.2, 0.25) is 0 Å². The first-order chi connectivity index (χ1) is 11.4. The summed E-state index contributed by atoms with van der Waals surface area (Å²) in [5, 5.41) is 11.8. The summed E-state index contributed by atoms with van der Waals surface area (Å²) in [7, 11) is 0. The summed E-state index contributed by atoms with van der Waals surface area (Å²) in [6.45, 7) is 2.52. The van der Waals surface area contributed by atoms with Crippen LogP contribution in [-0.4, -0.2) is 36.2 Å². The van der Waals surface area contributed by atoms with E-state index in [0.717, 1.165) is 18.6 Å². The molecule has 1 aliphatic heterocycles. The molecule has 1 fully saturated rings. The van der Waals surface area contributed by atoms with Gasteiger partial charge in [-0.25, -0.2) is 13.6 Å². The molecule has 3 unspecified atom stereocenters. The highest BCUT2D eigenvalue weighted by molar-refractivity contribution is 5.84. The first-order valence-corrected chi connectivity index (χ1v) is 7.93. The van der Waals surface area contributed by atoms with Crippen LogP contribution < -0.4 is 5.32 Å². The largest absolute Gasteiger partial charge is 0.480 e. The van der Waals surface area contributed by atoms with Crippen molar-refractivity contribution in [1.29, 1.82) is 0 Å². The second-order valence-corrected chi connectivity index (χ2v) is 6.13. The number of carbonyl (C=O) groups excluding carboxylic acids is 1. The van der Waals surface area contributed by atoms with Crippen LogP contribution in [0.4, 0.5) is 8.78 Å². The third-order valence-electron chi connectivity index (χ3n) is 4.23. The molecule has 5 nitrogen and oxygen atoms in total. The van der Waals surface area contributed by atoms with Crippen molar-refractivity contribution in [3.63, 3.8) is 0 Å². The lowest BCUT2D eigenvalue weighted by Gasteiger charge is -2.28. The number of rotatable bonds is 6. The Labute approximate surface area is 139 Å². The topological polar surface area (TPSA) is 75.6 Å². The van der Waals surface area contributed by atoms with Gasteiger partial charge in [0.2, 0.25) is 5.91 Å². The fraction of sp³-hybridized carbons (Fsp3) is 0.529. The molecule has 1 aromatic rings. The maximum absolute atomic E-state index is 13.8. The zero-order valence-corrected chi connectivity index (χ0v) is 13.4. The molecule has 0 aromatic heterocycles. The Balaban J connectivity index is 1.98. The van der Waals surface area contributed by atoms with E-state index in [9.17, 15) is 23.5 Å². The minimum Gasteiger partial charge on any atom is -0.480 e. The monoisotopic (exact) mass is 341 g/mol. The van der Waals surface area contributed by atoms with Crippen LogP contribution >= 0.6 is 0 Å². The van der Waals surface area contributed by atoms with E-state index in [2.05, 4.69) is 5.32 Å². The van der Waals surface area contributed by atoms with Gasteiger partial charge in [-0.1, -0.05) is 13.0 Å². The third kappa shape index (κ3) is 4.74. The molecule has 0 aliphatic carbocycles. The molecule has 1 aromatic carbocycles. The van der Waals surface area contributed by atoms with Crippen molar-refractivity contribution in [2.45, 2.75) is 38.1 Å². The van der Waals surface area contributed by atoms with Gasteiger partial charge in [-0.3, -0.25) is 4.79 Å². The Hall–Kier alpha value is -2.02. The predicted octanol–water partition coefficient (Wildman–Crippen LogP) is 2.45. The maximum Gasteiger partial charge on any atom is 0.326 e. The van der Waals surface area contributed by atoms with Crippen LogP contribution in [0.25, 0.3) is 0 Å². The number of aliphatic carboxylic acids is 1. The van der Waals surface area contributed by atoms with Crippen LogP contribution in [0, 0.1) is 17.6 Å². The number of carboxylic acids is 1. The molecule has 7 heteroatoms. The lowest BCUT2D eigenvalue weighted by atomic mass is 9.92. The van der Waals surface area contributed by atoms with Crippen molar-refractivity contribution >= 4 is 11.9 Å². The number of amides is 1. The molecular weight excluding hydrogens is 320 g/mol. The summed E-state index contributed by atoms with van der Waals surface area (Å²) >= 11 is 0. The molecule has 2 rings (SSSR count). The van der Waals surface area contributed by atoms with Crippen LogP contribution in [0.5, 0.6) is 0 Å². The standard InChI is InChI=1S/C17H21F2NO4/c1-10(13-5-4-12(18)8-14(13)19)7-15(21)20-16(17(22)23)11-3-2-6-24-9-11/h4-5,8,10-11,16H,2-3,6-7,9H2,1H3,(H,20,21)(H,22,23). The van der Waals surface area contributed by atoms with Gasteiger partial charge in [-0.15, -0.1) is 0 Å². The first-order valence-electron chi connectivity index (χ1n) is 7.93. The molecule has 24 heavy (non-hydrogen) atoms. The molecular formula is C17H21F2NO4. The number of carboxylic acid groups (broad SMARTS) is 1. The Morgan fingerprint density at radius 1 is 1.42 bits per heavy atom. The highest BCUT2D eigenvalue weighted by Gasteiger charge is 2.31. The second-order valence-electron chi connectivity index (χ2n) is 6.13. The molecule has 1 amide bonds. The normalized spacial score (nSPS) is 20.2. The minimum absolute atomic E-state index is 0.0834. The lowest BCUT2D eigenvalue weighted by molar-refractivity contribution is -0.145. The molecule has 0 bridgehead atoms. The zero-order valence-electron chi connectivity index (χ0n) is 13.4. The molecule has 2 N–H and O–H groups in total. The van der Waals surface area contributed by atoms with Gasteiger partial charge < -0.3 is 15.2 Å². The van der Waals surface area contributed by atoms with Gasteiger partial charge in [0.05, 0.1) is 6.61 Å². The molecule has 132 valence electrons. The Bertz CT molecular complexity index is 602. The molecule has 0 saturated carbocycles. The van der Waals surface area contributed by atoms with E-state index in [0.29, 0.717) is 19.6 Å². The predicted molar refractivity (Wildman–Crippen MR) is 82.5 cm³/mol. The van der Waals surface area contributed by atoms with Crippen LogP contribution in [0.1, 0.15) is 37.7 Å². The van der Waals surface area contributed by atoms with Gasteiger partial charge in [0.25, 0.3) is 0 Å². The highest BCUT2D eigenvalue weighted by atomic mass is 19.1. The van der Waals surface area contributed by atoms with E-state index in [1.54, 1.807) is 6.92 Å². The number of halogens is 2. The SMILES string of the molecule is CC(CC(=O)NC(C(=O)O)C1CCCOC1)c1ccc(F)cc1F. The molecule has 1 aliphatic rings. The highest BCUT2D eigenvalue weighted by Crippen LogP contribution is 2.23. The van der Waals surface area contributed by atoms with Gasteiger partial charge in [-0.05, 0) is 30.4 Å². The number of hydrogen-bond acceptors (Lipinski definition) is 3. The number of nitrogens with one attached hydrogen (secondary N) is 1. The molecule has 1 heterocycles. The summed E-state index contributed by atoms with van der Waals surface area (Å²) in [6.07, 6.45) is 1.33. The maximum atomic E-state index is 13.8. The van der Waals surface area contributed by atoms with Gasteiger partial charge in [-0.2, -0.15) is 0 Å². The van der Waals surface area contributed by atoms with Crippen LogP contribution in [-0.2, 0) is 14.3 Å². The number of benzene rings is 1. The fourth-order valence-electron chi connectivity index (χ4n) is 2.93. The molecule has 0 spiro atoms. The smallest absolute Gasteiger partial charge is 0.326 e. The Morgan fingerprint density at radius 2 is 2.17 bits per heavy atom. The lowest BCUT2D eigenvalue weighted by Crippen LogP contribution is -2.48. The quantitative estimate of drug-likeness (QED) is 0.833. The minimum atomic E-state index is -1.11. The van der Waals surface area contributed by atoms with Crippen molar-refractivity contribution < 1.29 is 28.2 Å². The summed E-state index contributed by atoms with van der Waals surface area (Å²) in [5.41, 5.74) is 0.222. The average molecular weight is 341 g/mol. The van der Waals surface area contributed by atoms with E-state index >= 15 is 0 Å². The van der Waals surface area contributed by atoms with Crippen LogP contribution in [0.3, 0.4) is 0 Å². The van der Waals surface area contributed by atoms with Gasteiger partial charge >= 0.3 is 5.97 Å². The average Bonchev–Trinajstić information content (AvgIpc) is 2.53. The van der Waals surface area contributed by atoms with Crippen molar-refractivity contribution in [1.82, 2.24) is 5.32 Å². The Kier molecular flexibility index (Phi) is 6.25. The van der Waals surface area contributed by atoms with E-state index in [1.807, 2.05) is 0 Å².